The SMILES string of the molecule is COC(=O)CCSc1cc(Cl)nc(C(C)(C)C)n1. The molecule has 0 aliphatic carbocycles. The minimum atomic E-state index is -0.223. The first kappa shape index (κ1) is 15.2. The molecule has 100 valence electrons. The van der Waals surface area contributed by atoms with Crippen molar-refractivity contribution in [3.8, 4) is 0 Å². The van der Waals surface area contributed by atoms with E-state index in [9.17, 15) is 4.79 Å². The molecule has 0 aromatic carbocycles. The van der Waals surface area contributed by atoms with Gasteiger partial charge >= 0.3 is 5.97 Å². The quantitative estimate of drug-likeness (QED) is 0.484. The van der Waals surface area contributed by atoms with Gasteiger partial charge in [0.1, 0.15) is 16.0 Å². The van der Waals surface area contributed by atoms with E-state index < -0.39 is 0 Å². The molecular weight excluding hydrogens is 272 g/mol. The smallest absolute Gasteiger partial charge is 0.306 e. The van der Waals surface area contributed by atoms with Gasteiger partial charge in [0.2, 0.25) is 0 Å². The van der Waals surface area contributed by atoms with Crippen LogP contribution in [0.3, 0.4) is 0 Å². The number of thioether (sulfide) groups is 1. The number of hydrogen-bond donors (Lipinski definition) is 0. The molecule has 0 spiro atoms. The van der Waals surface area contributed by atoms with Crippen LogP contribution in [-0.2, 0) is 14.9 Å². The Morgan fingerprint density at radius 1 is 1.44 bits per heavy atom. The summed E-state index contributed by atoms with van der Waals surface area (Å²) in [6, 6.07) is 1.71. The first-order chi connectivity index (χ1) is 8.32. The maximum atomic E-state index is 11.0. The van der Waals surface area contributed by atoms with Crippen molar-refractivity contribution >= 4 is 29.3 Å². The van der Waals surface area contributed by atoms with E-state index in [-0.39, 0.29) is 11.4 Å². The Morgan fingerprint density at radius 3 is 2.67 bits per heavy atom. The lowest BCUT2D eigenvalue weighted by Crippen LogP contribution is -2.16. The number of carbonyl (C=O) groups is 1. The van der Waals surface area contributed by atoms with Crippen LogP contribution in [0.5, 0.6) is 0 Å². The number of rotatable bonds is 4. The predicted molar refractivity (Wildman–Crippen MR) is 73.1 cm³/mol. The van der Waals surface area contributed by atoms with E-state index in [1.807, 2.05) is 20.8 Å². The highest BCUT2D eigenvalue weighted by molar-refractivity contribution is 7.99. The van der Waals surface area contributed by atoms with E-state index in [1.165, 1.54) is 18.9 Å². The number of ether oxygens (including phenoxy) is 1. The van der Waals surface area contributed by atoms with Gasteiger partial charge in [-0.2, -0.15) is 0 Å². The maximum absolute atomic E-state index is 11.0. The second-order valence-corrected chi connectivity index (χ2v) is 6.28. The van der Waals surface area contributed by atoms with Gasteiger partial charge < -0.3 is 4.74 Å². The molecule has 0 bridgehead atoms. The van der Waals surface area contributed by atoms with E-state index >= 15 is 0 Å². The van der Waals surface area contributed by atoms with Crippen LogP contribution in [-0.4, -0.2) is 28.8 Å². The van der Waals surface area contributed by atoms with Crippen LogP contribution in [0.4, 0.5) is 0 Å². The molecule has 4 nitrogen and oxygen atoms in total. The summed E-state index contributed by atoms with van der Waals surface area (Å²) in [5.41, 5.74) is -0.150. The van der Waals surface area contributed by atoms with Gasteiger partial charge in [0.15, 0.2) is 0 Å². The molecule has 0 amide bonds. The standard InChI is InChI=1S/C12H17ClN2O2S/c1-12(2,3)11-14-8(13)7-9(15-11)18-6-5-10(16)17-4/h7H,5-6H2,1-4H3. The average molecular weight is 289 g/mol. The average Bonchev–Trinajstić information content (AvgIpc) is 2.27. The van der Waals surface area contributed by atoms with Gasteiger partial charge in [0.25, 0.3) is 0 Å². The minimum Gasteiger partial charge on any atom is -0.469 e. The van der Waals surface area contributed by atoms with Gasteiger partial charge in [0, 0.05) is 17.2 Å². The van der Waals surface area contributed by atoms with Gasteiger partial charge in [-0.3, -0.25) is 4.79 Å². The Hall–Kier alpha value is -0.810. The second kappa shape index (κ2) is 6.38. The molecule has 0 fully saturated rings. The van der Waals surface area contributed by atoms with E-state index in [0.29, 0.717) is 23.2 Å². The summed E-state index contributed by atoms with van der Waals surface area (Å²) in [7, 11) is 1.38. The lowest BCUT2D eigenvalue weighted by molar-refractivity contribution is -0.140. The normalized spacial score (nSPS) is 11.4. The molecule has 0 atom stereocenters. The number of carbonyl (C=O) groups excluding carboxylic acids is 1. The number of esters is 1. The summed E-state index contributed by atoms with van der Waals surface area (Å²) in [6.07, 6.45) is 0.355. The third-order valence-corrected chi connectivity index (χ3v) is 3.23. The van der Waals surface area contributed by atoms with Crippen molar-refractivity contribution in [2.75, 3.05) is 12.9 Å². The molecule has 1 aromatic rings. The fourth-order valence-electron chi connectivity index (χ4n) is 1.15. The summed E-state index contributed by atoms with van der Waals surface area (Å²) in [6.45, 7) is 6.09. The van der Waals surface area contributed by atoms with E-state index in [2.05, 4.69) is 14.7 Å². The Bertz CT molecular complexity index is 433. The summed E-state index contributed by atoms with van der Waals surface area (Å²) < 4.78 is 4.58. The zero-order valence-corrected chi connectivity index (χ0v) is 12.6. The van der Waals surface area contributed by atoms with Crippen LogP contribution in [0, 0.1) is 0 Å². The highest BCUT2D eigenvalue weighted by atomic mass is 35.5. The Balaban J connectivity index is 2.72. The van der Waals surface area contributed by atoms with Crippen LogP contribution >= 0.6 is 23.4 Å². The zero-order valence-electron chi connectivity index (χ0n) is 11.0. The van der Waals surface area contributed by atoms with Crippen LogP contribution in [0.2, 0.25) is 5.15 Å². The molecule has 1 heterocycles. The van der Waals surface area contributed by atoms with Gasteiger partial charge in [0.05, 0.1) is 13.5 Å². The van der Waals surface area contributed by atoms with Crippen LogP contribution in [0.1, 0.15) is 33.0 Å². The summed E-state index contributed by atoms with van der Waals surface area (Å²) in [5.74, 6) is 1.10. The molecule has 0 aliphatic heterocycles. The topological polar surface area (TPSA) is 52.1 Å². The second-order valence-electron chi connectivity index (χ2n) is 4.78. The van der Waals surface area contributed by atoms with Crippen molar-refractivity contribution in [1.29, 1.82) is 0 Å². The summed E-state index contributed by atoms with van der Waals surface area (Å²) in [4.78, 5) is 19.7. The Labute approximate surface area is 116 Å². The van der Waals surface area contributed by atoms with Gasteiger partial charge in [-0.25, -0.2) is 9.97 Å². The third-order valence-electron chi connectivity index (χ3n) is 2.13. The molecule has 6 heteroatoms. The Morgan fingerprint density at radius 2 is 2.11 bits per heavy atom. The largest absolute Gasteiger partial charge is 0.469 e. The molecule has 1 rings (SSSR count). The van der Waals surface area contributed by atoms with E-state index in [1.54, 1.807) is 6.07 Å². The van der Waals surface area contributed by atoms with Crippen molar-refractivity contribution in [3.05, 3.63) is 17.0 Å². The monoisotopic (exact) mass is 288 g/mol. The molecule has 0 radical (unpaired) electrons. The van der Waals surface area contributed by atoms with Gasteiger partial charge in [-0.15, -0.1) is 11.8 Å². The highest BCUT2D eigenvalue weighted by Gasteiger charge is 2.18. The van der Waals surface area contributed by atoms with Gasteiger partial charge in [-0.1, -0.05) is 32.4 Å². The molecule has 1 aromatic heterocycles. The minimum absolute atomic E-state index is 0.150. The number of aromatic nitrogens is 2. The fraction of sp³-hybridized carbons (Fsp3) is 0.583. The van der Waals surface area contributed by atoms with Crippen molar-refractivity contribution in [1.82, 2.24) is 9.97 Å². The van der Waals surface area contributed by atoms with E-state index in [4.69, 9.17) is 11.6 Å². The lowest BCUT2D eigenvalue weighted by atomic mass is 9.96. The molecule has 0 saturated carbocycles. The molecule has 0 aliphatic rings. The van der Waals surface area contributed by atoms with Crippen molar-refractivity contribution in [2.24, 2.45) is 0 Å². The van der Waals surface area contributed by atoms with Crippen molar-refractivity contribution < 1.29 is 9.53 Å². The molecule has 0 N–H and O–H groups in total. The summed E-state index contributed by atoms with van der Waals surface area (Å²) in [5, 5.41) is 1.21. The summed E-state index contributed by atoms with van der Waals surface area (Å²) >= 11 is 7.44. The fourth-order valence-corrected chi connectivity index (χ4v) is 2.22. The molecule has 18 heavy (non-hydrogen) atoms. The van der Waals surface area contributed by atoms with Crippen LogP contribution < -0.4 is 0 Å². The number of methoxy groups -OCH3 is 1. The number of halogens is 1. The molecule has 0 saturated heterocycles. The van der Waals surface area contributed by atoms with Crippen LogP contribution in [0.15, 0.2) is 11.1 Å². The van der Waals surface area contributed by atoms with E-state index in [0.717, 1.165) is 5.03 Å². The first-order valence-corrected chi connectivity index (χ1v) is 6.94. The Kier molecular flexibility index (Phi) is 5.41. The number of nitrogens with zero attached hydrogens (tertiary/aromatic N) is 2. The van der Waals surface area contributed by atoms with Crippen molar-refractivity contribution in [2.45, 2.75) is 37.6 Å². The van der Waals surface area contributed by atoms with Crippen molar-refractivity contribution in [3.63, 3.8) is 0 Å². The van der Waals surface area contributed by atoms with Crippen LogP contribution in [0.25, 0.3) is 0 Å². The number of hydrogen-bond acceptors (Lipinski definition) is 5. The maximum Gasteiger partial charge on any atom is 0.306 e. The third kappa shape index (κ3) is 4.82. The highest BCUT2D eigenvalue weighted by Crippen LogP contribution is 2.25. The van der Waals surface area contributed by atoms with Gasteiger partial charge in [-0.05, 0) is 0 Å². The first-order valence-electron chi connectivity index (χ1n) is 5.57. The molecule has 0 unspecified atom stereocenters. The zero-order chi connectivity index (χ0) is 13.8. The predicted octanol–water partition coefficient (Wildman–Crippen LogP) is 3.08. The lowest BCUT2D eigenvalue weighted by Gasteiger charge is -2.17. The molecular formula is C12H17ClN2O2S.